The molecular formula is C24H33ClN2O6. The van der Waals surface area contributed by atoms with Crippen molar-refractivity contribution in [2.24, 2.45) is 0 Å². The molecule has 0 fully saturated rings. The van der Waals surface area contributed by atoms with E-state index in [4.69, 9.17) is 28.4 Å². The van der Waals surface area contributed by atoms with Gasteiger partial charge in [0.25, 0.3) is 0 Å². The molecule has 0 N–H and O–H groups in total. The van der Waals surface area contributed by atoms with E-state index in [1.165, 1.54) is 0 Å². The Hall–Kier alpha value is -3.00. The number of hydrogen-bond donors (Lipinski definition) is 0. The van der Waals surface area contributed by atoms with Crippen LogP contribution in [0.5, 0.6) is 34.5 Å². The molecule has 1 aliphatic rings. The zero-order valence-corrected chi connectivity index (χ0v) is 20.9. The van der Waals surface area contributed by atoms with E-state index in [1.807, 2.05) is 24.3 Å². The quantitative estimate of drug-likeness (QED) is 0.450. The van der Waals surface area contributed by atoms with Crippen LogP contribution in [0.15, 0.2) is 24.3 Å². The highest BCUT2D eigenvalue weighted by molar-refractivity contribution is 5.56. The maximum Gasteiger partial charge on any atom is 0.234 e. The number of nitrogens with zero attached hydrogens (tertiary/aromatic N) is 2. The predicted molar refractivity (Wildman–Crippen MR) is 122 cm³/mol. The van der Waals surface area contributed by atoms with Gasteiger partial charge in [0.2, 0.25) is 17.8 Å². The van der Waals surface area contributed by atoms with E-state index in [0.717, 1.165) is 43.7 Å². The lowest BCUT2D eigenvalue weighted by atomic mass is 10.1. The van der Waals surface area contributed by atoms with Crippen molar-refractivity contribution in [1.82, 2.24) is 4.90 Å². The van der Waals surface area contributed by atoms with Crippen molar-refractivity contribution in [1.29, 1.82) is 0 Å². The molecule has 0 aromatic heterocycles. The summed E-state index contributed by atoms with van der Waals surface area (Å²) < 4.78 is 35.1. The van der Waals surface area contributed by atoms with Crippen molar-refractivity contribution >= 4 is 6.34 Å². The average Bonchev–Trinajstić information content (AvgIpc) is 2.82. The Labute approximate surface area is 202 Å². The Morgan fingerprint density at radius 1 is 0.697 bits per heavy atom. The second kappa shape index (κ2) is 12.3. The first-order chi connectivity index (χ1) is 15.6. The maximum absolute atomic E-state index is 5.49. The van der Waals surface area contributed by atoms with Gasteiger partial charge in [-0.15, -0.1) is 0 Å². The Kier molecular flexibility index (Phi) is 9.78. The van der Waals surface area contributed by atoms with Crippen LogP contribution < -0.4 is 40.8 Å². The molecular weight excluding hydrogens is 448 g/mol. The van der Waals surface area contributed by atoms with Gasteiger partial charge in [0, 0.05) is 17.5 Å². The number of benzene rings is 2. The van der Waals surface area contributed by atoms with Gasteiger partial charge in [0.05, 0.1) is 55.7 Å². The van der Waals surface area contributed by atoms with Crippen molar-refractivity contribution in [2.45, 2.75) is 19.5 Å². The normalized spacial score (nSPS) is 12.9. The van der Waals surface area contributed by atoms with E-state index in [2.05, 4.69) is 15.8 Å². The topological polar surface area (TPSA) is 61.6 Å². The zero-order chi connectivity index (χ0) is 23.1. The summed E-state index contributed by atoms with van der Waals surface area (Å²) in [7, 11) is 9.75. The molecule has 3 rings (SSSR count). The van der Waals surface area contributed by atoms with Crippen LogP contribution in [0, 0.1) is 0 Å². The van der Waals surface area contributed by atoms with E-state index >= 15 is 0 Å². The average molecular weight is 481 g/mol. The highest BCUT2D eigenvalue weighted by Crippen LogP contribution is 2.39. The van der Waals surface area contributed by atoms with Crippen LogP contribution >= 0.6 is 0 Å². The highest BCUT2D eigenvalue weighted by Gasteiger charge is 2.21. The van der Waals surface area contributed by atoms with Gasteiger partial charge in [-0.25, -0.2) is 0 Å². The van der Waals surface area contributed by atoms with Gasteiger partial charge in [0.1, 0.15) is 13.1 Å². The monoisotopic (exact) mass is 480 g/mol. The number of halogens is 1. The lowest BCUT2D eigenvalue weighted by Gasteiger charge is -2.22. The van der Waals surface area contributed by atoms with Gasteiger partial charge >= 0.3 is 0 Å². The molecule has 0 spiro atoms. The second-order valence-corrected chi connectivity index (χ2v) is 7.48. The number of ether oxygens (including phenoxy) is 6. The van der Waals surface area contributed by atoms with Crippen molar-refractivity contribution < 1.29 is 45.4 Å². The Balaban J connectivity index is 0.00000385. The third kappa shape index (κ3) is 6.07. The van der Waals surface area contributed by atoms with E-state index in [9.17, 15) is 0 Å². The van der Waals surface area contributed by atoms with E-state index in [-0.39, 0.29) is 12.4 Å². The Morgan fingerprint density at radius 2 is 1.15 bits per heavy atom. The Bertz CT molecular complexity index is 916. The first-order valence-corrected chi connectivity index (χ1v) is 10.5. The highest BCUT2D eigenvalue weighted by atomic mass is 35.5. The van der Waals surface area contributed by atoms with E-state index in [0.29, 0.717) is 34.5 Å². The first-order valence-electron chi connectivity index (χ1n) is 10.5. The number of hydrogen-bond acceptors (Lipinski definition) is 7. The molecule has 2 aromatic rings. The van der Waals surface area contributed by atoms with Crippen LogP contribution in [0.1, 0.15) is 17.5 Å². The van der Waals surface area contributed by atoms with E-state index in [1.54, 1.807) is 42.7 Å². The molecule has 0 saturated carbocycles. The summed E-state index contributed by atoms with van der Waals surface area (Å²) in [5, 5.41) is 0. The summed E-state index contributed by atoms with van der Waals surface area (Å²) in [5.41, 5.74) is 2.18. The summed E-state index contributed by atoms with van der Waals surface area (Å²) in [5.74, 6) is 3.85. The van der Waals surface area contributed by atoms with Crippen LogP contribution in [0.25, 0.3) is 0 Å². The third-order valence-corrected chi connectivity index (χ3v) is 5.44. The summed E-state index contributed by atoms with van der Waals surface area (Å²) in [6.07, 6.45) is 3.24. The molecule has 33 heavy (non-hydrogen) atoms. The first kappa shape index (κ1) is 26.3. The minimum atomic E-state index is 0. The molecule has 0 amide bonds. The predicted octanol–water partition coefficient (Wildman–Crippen LogP) is 0.189. The zero-order valence-electron chi connectivity index (χ0n) is 20.1. The number of rotatable bonds is 10. The second-order valence-electron chi connectivity index (χ2n) is 7.48. The lowest BCUT2D eigenvalue weighted by Crippen LogP contribution is -3.00. The van der Waals surface area contributed by atoms with E-state index < -0.39 is 0 Å². The smallest absolute Gasteiger partial charge is 0.234 e. The largest absolute Gasteiger partial charge is 1.00 e. The SMILES string of the molecule is COc1cc(CN2C=[N+](Cc3cc(OC)c(OC)c(OC)c3)CCC2)cc(OC)c1OC.[Cl-]. The molecule has 182 valence electrons. The van der Waals surface area contributed by atoms with Gasteiger partial charge < -0.3 is 40.8 Å². The number of methoxy groups -OCH3 is 6. The minimum Gasteiger partial charge on any atom is -1.00 e. The molecule has 0 saturated heterocycles. The summed E-state index contributed by atoms with van der Waals surface area (Å²) in [6.45, 7) is 3.43. The van der Waals surface area contributed by atoms with Crippen LogP contribution in [-0.4, -0.2) is 71.6 Å². The molecule has 0 bridgehead atoms. The fraction of sp³-hybridized carbons (Fsp3) is 0.458. The summed E-state index contributed by atoms with van der Waals surface area (Å²) >= 11 is 0. The molecule has 9 heteroatoms. The molecule has 0 aliphatic carbocycles. The molecule has 0 radical (unpaired) electrons. The van der Waals surface area contributed by atoms with Crippen LogP contribution in [0.4, 0.5) is 0 Å². The van der Waals surface area contributed by atoms with Gasteiger partial charge in [-0.2, -0.15) is 0 Å². The van der Waals surface area contributed by atoms with Crippen molar-refractivity contribution in [3.63, 3.8) is 0 Å². The fourth-order valence-electron chi connectivity index (χ4n) is 3.99. The molecule has 1 aliphatic heterocycles. The van der Waals surface area contributed by atoms with Crippen LogP contribution in [0.2, 0.25) is 0 Å². The van der Waals surface area contributed by atoms with Crippen molar-refractivity contribution in [3.05, 3.63) is 35.4 Å². The standard InChI is InChI=1S/C24H33N2O6.ClH/c1-27-19-10-17(11-20(28-2)23(19)31-5)14-25-8-7-9-26(16-25)15-18-12-21(29-3)24(32-6)22(13-18)30-4;/h10-13,16H,7-9,14-15H2,1-6H3;1H/q+1;/p-1. The van der Waals surface area contributed by atoms with Gasteiger partial charge in [-0.3, -0.25) is 9.48 Å². The van der Waals surface area contributed by atoms with Gasteiger partial charge in [-0.1, -0.05) is 0 Å². The molecule has 8 nitrogen and oxygen atoms in total. The molecule has 0 unspecified atom stereocenters. The molecule has 0 atom stereocenters. The third-order valence-electron chi connectivity index (χ3n) is 5.44. The van der Waals surface area contributed by atoms with Gasteiger partial charge in [0.15, 0.2) is 23.0 Å². The van der Waals surface area contributed by atoms with Crippen molar-refractivity contribution in [2.75, 3.05) is 55.7 Å². The molecule has 1 heterocycles. The Morgan fingerprint density at radius 3 is 1.58 bits per heavy atom. The van der Waals surface area contributed by atoms with Crippen molar-refractivity contribution in [3.8, 4) is 34.5 Å². The maximum atomic E-state index is 5.49. The van der Waals surface area contributed by atoms with Gasteiger partial charge in [-0.05, 0) is 24.3 Å². The minimum absolute atomic E-state index is 0. The summed E-state index contributed by atoms with van der Waals surface area (Å²) in [6, 6.07) is 7.97. The summed E-state index contributed by atoms with van der Waals surface area (Å²) in [4.78, 5) is 2.29. The lowest BCUT2D eigenvalue weighted by molar-refractivity contribution is -0.549. The van der Waals surface area contributed by atoms with Crippen LogP contribution in [0.3, 0.4) is 0 Å². The molecule has 2 aromatic carbocycles. The fourth-order valence-corrected chi connectivity index (χ4v) is 3.99. The van der Waals surface area contributed by atoms with Crippen LogP contribution in [-0.2, 0) is 13.1 Å².